The van der Waals surface area contributed by atoms with Crippen molar-refractivity contribution in [2.75, 3.05) is 10.9 Å². The average molecular weight is 244 g/mol. The zero-order valence-corrected chi connectivity index (χ0v) is 8.56. The molecule has 0 fully saturated rings. The van der Waals surface area contributed by atoms with Crippen LogP contribution in [0.25, 0.3) is 0 Å². The summed E-state index contributed by atoms with van der Waals surface area (Å²) >= 11 is 5.16. The molecule has 0 aromatic carbocycles. The van der Waals surface area contributed by atoms with E-state index in [0.29, 0.717) is 5.82 Å². The zero-order valence-electron chi connectivity index (χ0n) is 7.81. The van der Waals surface area contributed by atoms with Crippen LogP contribution in [0.3, 0.4) is 0 Å². The van der Waals surface area contributed by atoms with Crippen LogP contribution >= 0.6 is 11.6 Å². The number of rotatable bonds is 1. The lowest BCUT2D eigenvalue weighted by Crippen LogP contribution is -2.46. The number of anilines is 1. The normalized spacial score (nSPS) is 11.7. The fraction of sp³-hybridized carbons (Fsp3) is 0.143. The topological polar surface area (TPSA) is 96.1 Å². The van der Waals surface area contributed by atoms with Gasteiger partial charge in [0.05, 0.1) is 6.20 Å². The van der Waals surface area contributed by atoms with Gasteiger partial charge in [0.2, 0.25) is 5.91 Å². The van der Waals surface area contributed by atoms with E-state index < -0.39 is 18.0 Å². The molecule has 2 N–H and O–H groups in total. The Morgan fingerprint density at radius 3 is 2.69 bits per heavy atom. The number of amides is 5. The summed E-state index contributed by atoms with van der Waals surface area (Å²) in [5.74, 6) is -0.475. The molecule has 1 aliphatic heterocycles. The first-order valence-corrected chi connectivity index (χ1v) is 4.72. The molecular formula is C7H6ClN5O3. The van der Waals surface area contributed by atoms with Gasteiger partial charge >= 0.3 is 12.1 Å². The minimum atomic E-state index is -0.925. The molecule has 0 saturated heterocycles. The van der Waals surface area contributed by atoms with Crippen LogP contribution in [-0.4, -0.2) is 33.7 Å². The van der Waals surface area contributed by atoms with E-state index in [0.717, 1.165) is 5.01 Å². The van der Waals surface area contributed by atoms with Crippen LogP contribution in [0.4, 0.5) is 15.4 Å². The van der Waals surface area contributed by atoms with Crippen LogP contribution in [0.5, 0.6) is 0 Å². The molecule has 84 valence electrons. The van der Waals surface area contributed by atoms with E-state index in [-0.39, 0.29) is 5.88 Å². The Kier molecular flexibility index (Phi) is 2.49. The fourth-order valence-corrected chi connectivity index (χ4v) is 1.16. The Morgan fingerprint density at radius 1 is 1.38 bits per heavy atom. The van der Waals surface area contributed by atoms with Gasteiger partial charge in [-0.1, -0.05) is 0 Å². The maximum absolute atomic E-state index is 11.4. The first-order valence-electron chi connectivity index (χ1n) is 4.18. The molecule has 5 amide bonds. The van der Waals surface area contributed by atoms with Gasteiger partial charge in [0, 0.05) is 6.07 Å². The fourth-order valence-electron chi connectivity index (χ4n) is 1.09. The Morgan fingerprint density at radius 2 is 2.12 bits per heavy atom. The number of hydrogen-bond acceptors (Lipinski definition) is 4. The molecule has 0 aliphatic carbocycles. The van der Waals surface area contributed by atoms with E-state index in [1.54, 1.807) is 6.07 Å². The Balaban J connectivity index is 1.83. The Hall–Kier alpha value is -2.09. The Labute approximate surface area is 94.1 Å². The minimum Gasteiger partial charge on any atom is -0.277 e. The predicted octanol–water partition coefficient (Wildman–Crippen LogP) is -0.349. The second-order valence-corrected chi connectivity index (χ2v) is 3.10. The van der Waals surface area contributed by atoms with Gasteiger partial charge in [0.1, 0.15) is 5.88 Å². The number of carbonyl (C=O) groups excluding carboxylic acids is 3. The van der Waals surface area contributed by atoms with Gasteiger partial charge in [-0.2, -0.15) is 10.1 Å². The third kappa shape index (κ3) is 1.82. The largest absolute Gasteiger partial charge is 0.352 e. The summed E-state index contributed by atoms with van der Waals surface area (Å²) in [6, 6.07) is -0.0177. The predicted molar refractivity (Wildman–Crippen MR) is 52.9 cm³/mol. The molecule has 2 rings (SSSR count). The molecular weight excluding hydrogens is 238 g/mol. The molecule has 0 spiro atoms. The summed E-state index contributed by atoms with van der Waals surface area (Å²) < 4.78 is 0. The molecule has 1 aliphatic rings. The van der Waals surface area contributed by atoms with Crippen molar-refractivity contribution in [3.8, 4) is 0 Å². The average Bonchev–Trinajstić information content (AvgIpc) is 2.73. The zero-order chi connectivity index (χ0) is 11.7. The number of aromatic nitrogens is 2. The number of nitrogens with zero attached hydrogens (tertiary/aromatic N) is 3. The minimum absolute atomic E-state index is 0.354. The Bertz CT molecular complexity index is 452. The van der Waals surface area contributed by atoms with Crippen molar-refractivity contribution in [1.29, 1.82) is 0 Å². The van der Waals surface area contributed by atoms with Crippen molar-refractivity contribution in [2.24, 2.45) is 0 Å². The monoisotopic (exact) mass is 243 g/mol. The molecule has 2 heterocycles. The van der Waals surface area contributed by atoms with E-state index in [9.17, 15) is 14.4 Å². The van der Waals surface area contributed by atoms with Gasteiger partial charge < -0.3 is 0 Å². The number of alkyl halides is 1. The molecule has 1 aromatic rings. The maximum atomic E-state index is 11.4. The number of imide groups is 2. The summed E-state index contributed by atoms with van der Waals surface area (Å²) in [7, 11) is 0. The first kappa shape index (κ1) is 10.4. The van der Waals surface area contributed by atoms with E-state index >= 15 is 0 Å². The summed E-state index contributed by atoms with van der Waals surface area (Å²) in [4.78, 5) is 34.4. The number of carbonyl (C=O) groups is 3. The quantitative estimate of drug-likeness (QED) is 0.521. The highest BCUT2D eigenvalue weighted by atomic mass is 35.5. The molecule has 8 nitrogen and oxygen atoms in total. The van der Waals surface area contributed by atoms with E-state index in [4.69, 9.17) is 11.6 Å². The number of halogens is 1. The number of nitrogens with one attached hydrogen (secondary N) is 2. The van der Waals surface area contributed by atoms with Crippen LogP contribution < -0.4 is 15.6 Å². The molecule has 0 unspecified atom stereocenters. The molecule has 0 saturated carbocycles. The number of hydrogen-bond donors (Lipinski definition) is 2. The van der Waals surface area contributed by atoms with E-state index in [1.807, 2.05) is 10.6 Å². The highest BCUT2D eigenvalue weighted by molar-refractivity contribution is 6.28. The lowest BCUT2D eigenvalue weighted by Gasteiger charge is -2.04. The lowest BCUT2D eigenvalue weighted by atomic mass is 10.6. The van der Waals surface area contributed by atoms with Gasteiger partial charge in [-0.25, -0.2) is 9.59 Å². The van der Waals surface area contributed by atoms with Crippen LogP contribution in [-0.2, 0) is 4.79 Å². The highest BCUT2D eigenvalue weighted by Crippen LogP contribution is 2.27. The third-order valence-corrected chi connectivity index (χ3v) is 2.00. The van der Waals surface area contributed by atoms with Crippen LogP contribution in [0, 0.1) is 0 Å². The van der Waals surface area contributed by atoms with E-state index in [1.165, 1.54) is 11.0 Å². The second kappa shape index (κ2) is 3.81. The lowest BCUT2D eigenvalue weighted by molar-refractivity contribution is -0.117. The first-order chi connectivity index (χ1) is 7.63. The van der Waals surface area contributed by atoms with Gasteiger partial charge in [0.15, 0.2) is 5.82 Å². The van der Waals surface area contributed by atoms with Gasteiger partial charge in [-0.15, -0.1) is 16.4 Å². The summed E-state index contributed by atoms with van der Waals surface area (Å²) in [6.07, 6.45) is 1.51. The molecule has 0 bridgehead atoms. The van der Waals surface area contributed by atoms with Crippen molar-refractivity contribution >= 4 is 35.4 Å². The van der Waals surface area contributed by atoms with Gasteiger partial charge in [-0.05, 0) is 0 Å². The van der Waals surface area contributed by atoms with Crippen molar-refractivity contribution < 1.29 is 14.4 Å². The summed E-state index contributed by atoms with van der Waals surface area (Å²) in [5, 5.41) is 8.69. The van der Waals surface area contributed by atoms with Crippen LogP contribution in [0.15, 0.2) is 12.3 Å². The van der Waals surface area contributed by atoms with Crippen LogP contribution in [0.1, 0.15) is 0 Å². The second-order valence-electron chi connectivity index (χ2n) is 2.83. The van der Waals surface area contributed by atoms with Gasteiger partial charge in [0.25, 0.3) is 0 Å². The van der Waals surface area contributed by atoms with Gasteiger partial charge in [-0.3, -0.25) is 15.4 Å². The molecule has 16 heavy (non-hydrogen) atoms. The number of fused-ring (bicyclic) bond motifs is 1. The summed E-state index contributed by atoms with van der Waals surface area (Å²) in [6.45, 7) is 0. The van der Waals surface area contributed by atoms with Crippen molar-refractivity contribution in [1.82, 2.24) is 20.5 Å². The standard InChI is InChI=1S/C7H6ClN5O3/c8-3-4(14)10-6(15)11-7(16)12-5-1-2-9-13(5)12/h1-2H,3H2,(H2,10,11,14,15,16). The SMILES string of the molecule is O=C(CCl)NC(=O)NC(=O)N1c2ccnn21. The number of urea groups is 2. The molecule has 0 atom stereocenters. The highest BCUT2D eigenvalue weighted by Gasteiger charge is 2.36. The van der Waals surface area contributed by atoms with Crippen molar-refractivity contribution in [3.63, 3.8) is 0 Å². The smallest absolute Gasteiger partial charge is 0.277 e. The van der Waals surface area contributed by atoms with E-state index in [2.05, 4.69) is 5.10 Å². The molecule has 0 radical (unpaired) electrons. The molecule has 9 heteroatoms. The van der Waals surface area contributed by atoms with Crippen molar-refractivity contribution in [3.05, 3.63) is 12.3 Å². The molecule has 1 aromatic heterocycles. The van der Waals surface area contributed by atoms with Crippen molar-refractivity contribution in [2.45, 2.75) is 0 Å². The summed E-state index contributed by atoms with van der Waals surface area (Å²) in [5.41, 5.74) is 0. The van der Waals surface area contributed by atoms with Crippen LogP contribution in [0.2, 0.25) is 0 Å². The third-order valence-electron chi connectivity index (χ3n) is 1.76. The maximum Gasteiger partial charge on any atom is 0.352 e.